The molecular weight excluding hydrogens is 328 g/mol. The number of rotatable bonds is 4. The number of hydrogen-bond donors (Lipinski definition) is 3. The number of benzene rings is 2. The maximum absolute atomic E-state index is 11.8. The molecule has 2 amide bonds. The minimum absolute atomic E-state index is 0.0989. The number of carbonyl (C=O) groups excluding carboxylic acids is 2. The van der Waals surface area contributed by atoms with Gasteiger partial charge in [-0.15, -0.1) is 6.42 Å². The van der Waals surface area contributed by atoms with Gasteiger partial charge in [-0.25, -0.2) is 0 Å². The van der Waals surface area contributed by atoms with Crippen molar-refractivity contribution in [1.82, 2.24) is 5.32 Å². The zero-order valence-corrected chi connectivity index (χ0v) is 13.4. The molecule has 0 saturated heterocycles. The minimum atomic E-state index is -0.941. The molecule has 0 heterocycles. The zero-order chi connectivity index (χ0) is 17.5. The van der Waals surface area contributed by atoms with Crippen molar-refractivity contribution >= 4 is 29.1 Å². The lowest BCUT2D eigenvalue weighted by Gasteiger charge is -2.12. The van der Waals surface area contributed by atoms with Gasteiger partial charge in [0.05, 0.1) is 6.10 Å². The number of nitrogens with one attached hydrogen (secondary N) is 2. The first-order chi connectivity index (χ1) is 11.5. The highest BCUT2D eigenvalue weighted by Crippen LogP contribution is 2.15. The zero-order valence-electron chi connectivity index (χ0n) is 12.6. The van der Waals surface area contributed by atoms with Crippen LogP contribution in [0, 0.1) is 12.3 Å². The highest BCUT2D eigenvalue weighted by molar-refractivity contribution is 6.39. The van der Waals surface area contributed by atoms with Crippen molar-refractivity contribution in [3.8, 4) is 12.3 Å². The van der Waals surface area contributed by atoms with Gasteiger partial charge in [-0.1, -0.05) is 35.7 Å². The molecule has 2 aromatic carbocycles. The molecule has 24 heavy (non-hydrogen) atoms. The molecule has 5 nitrogen and oxygen atoms in total. The van der Waals surface area contributed by atoms with Gasteiger partial charge in [0.15, 0.2) is 0 Å². The fourth-order valence-corrected chi connectivity index (χ4v) is 2.07. The minimum Gasteiger partial charge on any atom is -0.387 e. The highest BCUT2D eigenvalue weighted by atomic mass is 35.5. The second-order valence-corrected chi connectivity index (χ2v) is 5.39. The molecule has 1 atom stereocenters. The molecule has 0 aliphatic rings. The first kappa shape index (κ1) is 17.5. The Morgan fingerprint density at radius 3 is 2.54 bits per heavy atom. The molecule has 0 saturated carbocycles. The average molecular weight is 343 g/mol. The standard InChI is InChI=1S/C18H15ClN2O3/c1-2-12-4-3-5-15(10-12)21-18(24)17(23)20-11-16(22)13-6-8-14(19)9-7-13/h1,3-10,16,22H,11H2,(H,20,23)(H,21,24). The second-order valence-electron chi connectivity index (χ2n) is 4.96. The number of anilines is 1. The van der Waals surface area contributed by atoms with Gasteiger partial charge in [0.1, 0.15) is 0 Å². The van der Waals surface area contributed by atoms with E-state index in [9.17, 15) is 14.7 Å². The summed E-state index contributed by atoms with van der Waals surface area (Å²) in [6.07, 6.45) is 4.34. The molecule has 0 bridgehead atoms. The Kier molecular flexibility index (Phi) is 5.96. The predicted octanol–water partition coefficient (Wildman–Crippen LogP) is 2.11. The quantitative estimate of drug-likeness (QED) is 0.588. The summed E-state index contributed by atoms with van der Waals surface area (Å²) in [6, 6.07) is 13.1. The van der Waals surface area contributed by atoms with E-state index in [1.807, 2.05) is 0 Å². The Labute approximate surface area is 144 Å². The molecule has 0 aromatic heterocycles. The monoisotopic (exact) mass is 342 g/mol. The number of terminal acetylenes is 1. The lowest BCUT2D eigenvalue weighted by Crippen LogP contribution is -2.37. The van der Waals surface area contributed by atoms with Crippen LogP contribution in [0.3, 0.4) is 0 Å². The van der Waals surface area contributed by atoms with E-state index in [1.54, 1.807) is 48.5 Å². The summed E-state index contributed by atoms with van der Waals surface area (Å²) in [5.74, 6) is 0.745. The summed E-state index contributed by atoms with van der Waals surface area (Å²) in [7, 11) is 0. The van der Waals surface area contributed by atoms with Gasteiger partial charge in [-0.05, 0) is 35.9 Å². The Balaban J connectivity index is 1.88. The first-order valence-corrected chi connectivity index (χ1v) is 7.47. The lowest BCUT2D eigenvalue weighted by molar-refractivity contribution is -0.136. The fourth-order valence-electron chi connectivity index (χ4n) is 1.95. The first-order valence-electron chi connectivity index (χ1n) is 7.09. The molecule has 2 aromatic rings. The molecule has 3 N–H and O–H groups in total. The van der Waals surface area contributed by atoms with E-state index in [0.717, 1.165) is 0 Å². The Morgan fingerprint density at radius 1 is 1.17 bits per heavy atom. The van der Waals surface area contributed by atoms with Crippen molar-refractivity contribution in [3.63, 3.8) is 0 Å². The van der Waals surface area contributed by atoms with Crippen molar-refractivity contribution < 1.29 is 14.7 Å². The number of halogens is 1. The van der Waals surface area contributed by atoms with Crippen molar-refractivity contribution in [2.75, 3.05) is 11.9 Å². The number of carbonyl (C=O) groups is 2. The Hall–Kier alpha value is -2.81. The summed E-state index contributed by atoms with van der Waals surface area (Å²) in [4.78, 5) is 23.6. The van der Waals surface area contributed by atoms with Gasteiger partial charge in [-0.3, -0.25) is 9.59 Å². The third-order valence-electron chi connectivity index (χ3n) is 3.20. The maximum Gasteiger partial charge on any atom is 0.313 e. The van der Waals surface area contributed by atoms with Crippen LogP contribution in [-0.2, 0) is 9.59 Å². The second kappa shape index (κ2) is 8.16. The van der Waals surface area contributed by atoms with E-state index in [4.69, 9.17) is 18.0 Å². The molecule has 0 fully saturated rings. The van der Waals surface area contributed by atoms with Crippen LogP contribution in [0.4, 0.5) is 5.69 Å². The van der Waals surface area contributed by atoms with Crippen molar-refractivity contribution in [1.29, 1.82) is 0 Å². The molecule has 0 spiro atoms. The van der Waals surface area contributed by atoms with Gasteiger partial charge < -0.3 is 15.7 Å². The summed E-state index contributed by atoms with van der Waals surface area (Å²) in [5.41, 5.74) is 1.59. The molecule has 6 heteroatoms. The Bertz CT molecular complexity index is 782. The average Bonchev–Trinajstić information content (AvgIpc) is 2.60. The van der Waals surface area contributed by atoms with E-state index >= 15 is 0 Å². The van der Waals surface area contributed by atoms with Gasteiger partial charge in [0, 0.05) is 22.8 Å². The van der Waals surface area contributed by atoms with Gasteiger partial charge in [-0.2, -0.15) is 0 Å². The maximum atomic E-state index is 11.8. The van der Waals surface area contributed by atoms with Crippen LogP contribution in [-0.4, -0.2) is 23.5 Å². The molecule has 122 valence electrons. The summed E-state index contributed by atoms with van der Waals surface area (Å²) in [5, 5.41) is 15.3. The fraction of sp³-hybridized carbons (Fsp3) is 0.111. The SMILES string of the molecule is C#Cc1cccc(NC(=O)C(=O)NCC(O)c2ccc(Cl)cc2)c1. The van der Waals surface area contributed by atoms with E-state index < -0.39 is 17.9 Å². The largest absolute Gasteiger partial charge is 0.387 e. The third kappa shape index (κ3) is 4.85. The van der Waals surface area contributed by atoms with Gasteiger partial charge in [0.25, 0.3) is 0 Å². The van der Waals surface area contributed by atoms with Crippen LogP contribution in [0.5, 0.6) is 0 Å². The van der Waals surface area contributed by atoms with Crippen LogP contribution >= 0.6 is 11.6 Å². The van der Waals surface area contributed by atoms with Crippen LogP contribution in [0.2, 0.25) is 5.02 Å². The van der Waals surface area contributed by atoms with Crippen LogP contribution in [0.15, 0.2) is 48.5 Å². The van der Waals surface area contributed by atoms with E-state index in [-0.39, 0.29) is 6.54 Å². The molecule has 0 aliphatic carbocycles. The van der Waals surface area contributed by atoms with E-state index in [0.29, 0.717) is 21.8 Å². The van der Waals surface area contributed by atoms with Gasteiger partial charge >= 0.3 is 11.8 Å². The molecule has 0 aliphatic heterocycles. The number of aliphatic hydroxyl groups is 1. The van der Waals surface area contributed by atoms with Crippen molar-refractivity contribution in [2.45, 2.75) is 6.10 Å². The molecular formula is C18H15ClN2O3. The van der Waals surface area contributed by atoms with Gasteiger partial charge in [0.2, 0.25) is 0 Å². The van der Waals surface area contributed by atoms with Crippen molar-refractivity contribution in [3.05, 3.63) is 64.7 Å². The van der Waals surface area contributed by atoms with Crippen LogP contribution < -0.4 is 10.6 Å². The number of hydrogen-bond acceptors (Lipinski definition) is 3. The number of amides is 2. The summed E-state index contributed by atoms with van der Waals surface area (Å²) >= 11 is 5.77. The molecule has 0 radical (unpaired) electrons. The normalized spacial score (nSPS) is 11.2. The van der Waals surface area contributed by atoms with E-state index in [1.165, 1.54) is 0 Å². The summed E-state index contributed by atoms with van der Waals surface area (Å²) in [6.45, 7) is -0.0989. The summed E-state index contributed by atoms with van der Waals surface area (Å²) < 4.78 is 0. The lowest BCUT2D eigenvalue weighted by atomic mass is 10.1. The predicted molar refractivity (Wildman–Crippen MR) is 92.4 cm³/mol. The molecule has 1 unspecified atom stereocenters. The topological polar surface area (TPSA) is 78.4 Å². The highest BCUT2D eigenvalue weighted by Gasteiger charge is 2.16. The van der Waals surface area contributed by atoms with E-state index in [2.05, 4.69) is 16.6 Å². The smallest absolute Gasteiger partial charge is 0.313 e. The molecule has 2 rings (SSSR count). The van der Waals surface area contributed by atoms with Crippen molar-refractivity contribution in [2.24, 2.45) is 0 Å². The third-order valence-corrected chi connectivity index (χ3v) is 3.46. The number of aliphatic hydroxyl groups excluding tert-OH is 1. The van der Waals surface area contributed by atoms with Crippen LogP contribution in [0.25, 0.3) is 0 Å². The van der Waals surface area contributed by atoms with Crippen LogP contribution in [0.1, 0.15) is 17.2 Å². The Morgan fingerprint density at radius 2 is 1.88 bits per heavy atom.